The van der Waals surface area contributed by atoms with Crippen LogP contribution in [0.4, 0.5) is 0 Å². The minimum absolute atomic E-state index is 0.223. The lowest BCUT2D eigenvalue weighted by Gasteiger charge is -2.10. The van der Waals surface area contributed by atoms with Crippen LogP contribution in [0.15, 0.2) is 17.1 Å². The number of hydrogen-bond acceptors (Lipinski definition) is 4. The monoisotopic (exact) mass is 297 g/mol. The molecular weight excluding hydrogens is 274 g/mol. The van der Waals surface area contributed by atoms with Crippen molar-refractivity contribution >= 4 is 23.3 Å². The highest BCUT2D eigenvalue weighted by Gasteiger charge is 2.02. The molecule has 0 saturated heterocycles. The number of methoxy groups -OCH3 is 1. The quantitative estimate of drug-likeness (QED) is 0.458. The van der Waals surface area contributed by atoms with Gasteiger partial charge in [-0.25, -0.2) is 4.99 Å². The Bertz CT molecular complexity index is 443. The number of carbonyl (C=O) groups excluding carboxylic acids is 1. The fourth-order valence-electron chi connectivity index (χ4n) is 1.58. The number of guanidine groups is 1. The van der Waals surface area contributed by atoms with Crippen molar-refractivity contribution in [2.75, 3.05) is 20.2 Å². The summed E-state index contributed by atoms with van der Waals surface area (Å²) in [5.74, 6) is 0.502. The van der Waals surface area contributed by atoms with Gasteiger partial charge in [0.2, 0.25) is 0 Å². The third kappa shape index (κ3) is 6.06. The maximum Gasteiger partial charge on any atom is 0.307 e. The van der Waals surface area contributed by atoms with Crippen molar-refractivity contribution in [3.63, 3.8) is 0 Å². The first-order valence-corrected chi connectivity index (χ1v) is 7.67. The van der Waals surface area contributed by atoms with Gasteiger partial charge in [-0.1, -0.05) is 6.92 Å². The van der Waals surface area contributed by atoms with E-state index in [1.165, 1.54) is 16.9 Å². The highest BCUT2D eigenvalue weighted by molar-refractivity contribution is 7.11. The van der Waals surface area contributed by atoms with Crippen molar-refractivity contribution in [3.8, 4) is 0 Å². The second-order valence-corrected chi connectivity index (χ2v) is 5.42. The molecule has 0 radical (unpaired) electrons. The van der Waals surface area contributed by atoms with E-state index in [-0.39, 0.29) is 5.97 Å². The number of carbonyl (C=O) groups is 1. The zero-order valence-electron chi connectivity index (χ0n) is 12.4. The molecule has 0 amide bonds. The Morgan fingerprint density at radius 1 is 1.30 bits per heavy atom. The van der Waals surface area contributed by atoms with Crippen molar-refractivity contribution in [2.45, 2.75) is 33.2 Å². The smallest absolute Gasteiger partial charge is 0.307 e. The van der Waals surface area contributed by atoms with E-state index < -0.39 is 0 Å². The highest BCUT2D eigenvalue weighted by atomic mass is 32.1. The molecule has 1 heterocycles. The molecule has 0 saturated carbocycles. The zero-order chi connectivity index (χ0) is 14.8. The van der Waals surface area contributed by atoms with Crippen LogP contribution in [0.5, 0.6) is 0 Å². The number of nitrogens with zero attached hydrogens (tertiary/aromatic N) is 1. The van der Waals surface area contributed by atoms with Gasteiger partial charge in [-0.05, 0) is 25.5 Å². The number of aryl methyl sites for hydroxylation is 1. The lowest BCUT2D eigenvalue weighted by atomic mass is 10.4. The molecule has 0 aliphatic heterocycles. The summed E-state index contributed by atoms with van der Waals surface area (Å²) in [6.07, 6.45) is 1.39. The maximum absolute atomic E-state index is 11.0. The third-order valence-electron chi connectivity index (χ3n) is 2.65. The van der Waals surface area contributed by atoms with Crippen molar-refractivity contribution < 1.29 is 9.53 Å². The first kappa shape index (κ1) is 16.5. The molecule has 6 heteroatoms. The first-order valence-electron chi connectivity index (χ1n) is 6.86. The van der Waals surface area contributed by atoms with Crippen molar-refractivity contribution in [1.82, 2.24) is 10.6 Å². The molecule has 2 N–H and O–H groups in total. The number of ether oxygens (including phenoxy) is 1. The number of rotatable bonds is 7. The van der Waals surface area contributed by atoms with E-state index in [9.17, 15) is 4.79 Å². The summed E-state index contributed by atoms with van der Waals surface area (Å²) >= 11 is 1.79. The van der Waals surface area contributed by atoms with Gasteiger partial charge >= 0.3 is 5.97 Å². The molecule has 112 valence electrons. The predicted octanol–water partition coefficient (Wildman–Crippen LogP) is 1.93. The Balaban J connectivity index is 2.47. The van der Waals surface area contributed by atoms with Crippen LogP contribution >= 0.6 is 11.3 Å². The summed E-state index contributed by atoms with van der Waals surface area (Å²) in [7, 11) is 1.39. The van der Waals surface area contributed by atoms with Gasteiger partial charge < -0.3 is 15.4 Å². The summed E-state index contributed by atoms with van der Waals surface area (Å²) in [6.45, 7) is 6.12. The van der Waals surface area contributed by atoms with Gasteiger partial charge in [0, 0.05) is 22.8 Å². The van der Waals surface area contributed by atoms with Crippen LogP contribution in [0.3, 0.4) is 0 Å². The molecule has 1 rings (SSSR count). The zero-order valence-corrected chi connectivity index (χ0v) is 13.2. The Kier molecular flexibility index (Phi) is 7.72. The summed E-state index contributed by atoms with van der Waals surface area (Å²) in [4.78, 5) is 18.2. The van der Waals surface area contributed by atoms with Crippen LogP contribution in [-0.2, 0) is 22.5 Å². The highest BCUT2D eigenvalue weighted by Crippen LogP contribution is 2.17. The topological polar surface area (TPSA) is 62.7 Å². The van der Waals surface area contributed by atoms with Crippen molar-refractivity contribution in [3.05, 3.63) is 21.9 Å². The number of hydrogen-bond donors (Lipinski definition) is 2. The van der Waals surface area contributed by atoms with E-state index >= 15 is 0 Å². The molecule has 5 nitrogen and oxygen atoms in total. The standard InChI is InChI=1S/C14H23N3O2S/c1-4-11-6-7-12(20-11)10-17-14(15-5-2)16-9-8-13(18)19-3/h6-7H,4-5,8-10H2,1-3H3,(H2,15,16,17). The van der Waals surface area contributed by atoms with Crippen LogP contribution in [-0.4, -0.2) is 32.1 Å². The van der Waals surface area contributed by atoms with Crippen LogP contribution < -0.4 is 10.6 Å². The van der Waals surface area contributed by atoms with E-state index in [1.54, 1.807) is 11.3 Å². The van der Waals surface area contributed by atoms with Crippen molar-refractivity contribution in [2.24, 2.45) is 4.99 Å². The fraction of sp³-hybridized carbons (Fsp3) is 0.571. The van der Waals surface area contributed by atoms with E-state index in [2.05, 4.69) is 39.4 Å². The fourth-order valence-corrected chi connectivity index (χ4v) is 2.46. The largest absolute Gasteiger partial charge is 0.469 e. The van der Waals surface area contributed by atoms with Gasteiger partial charge in [-0.3, -0.25) is 4.79 Å². The van der Waals surface area contributed by atoms with Gasteiger partial charge in [0.05, 0.1) is 20.1 Å². The molecule has 0 bridgehead atoms. The summed E-state index contributed by atoms with van der Waals surface area (Å²) < 4.78 is 4.60. The van der Waals surface area contributed by atoms with Crippen LogP contribution in [0.25, 0.3) is 0 Å². The summed E-state index contributed by atoms with van der Waals surface area (Å²) in [5.41, 5.74) is 0. The lowest BCUT2D eigenvalue weighted by molar-refractivity contribution is -0.140. The molecule has 1 aromatic rings. The van der Waals surface area contributed by atoms with E-state index in [0.29, 0.717) is 19.5 Å². The van der Waals surface area contributed by atoms with Crippen LogP contribution in [0.1, 0.15) is 30.0 Å². The predicted molar refractivity (Wildman–Crippen MR) is 83.1 cm³/mol. The molecule has 0 atom stereocenters. The lowest BCUT2D eigenvalue weighted by Crippen LogP contribution is -2.38. The Labute approximate surface area is 124 Å². The summed E-state index contributed by atoms with van der Waals surface area (Å²) in [6, 6.07) is 4.26. The molecule has 0 aliphatic carbocycles. The second-order valence-electron chi connectivity index (χ2n) is 4.17. The van der Waals surface area contributed by atoms with Gasteiger partial charge in [0.15, 0.2) is 5.96 Å². The number of nitrogens with one attached hydrogen (secondary N) is 2. The Morgan fingerprint density at radius 2 is 2.05 bits per heavy atom. The Morgan fingerprint density at radius 3 is 2.65 bits per heavy atom. The second kappa shape index (κ2) is 9.36. The Hall–Kier alpha value is -1.56. The van der Waals surface area contributed by atoms with Gasteiger partial charge in [0.1, 0.15) is 0 Å². The van der Waals surface area contributed by atoms with Crippen LogP contribution in [0.2, 0.25) is 0 Å². The molecule has 0 aromatic carbocycles. The molecule has 20 heavy (non-hydrogen) atoms. The summed E-state index contributed by atoms with van der Waals surface area (Å²) in [5, 5.41) is 6.28. The average molecular weight is 297 g/mol. The molecule has 0 aliphatic rings. The maximum atomic E-state index is 11.0. The van der Waals surface area contributed by atoms with Crippen molar-refractivity contribution in [1.29, 1.82) is 0 Å². The normalized spacial score (nSPS) is 11.2. The van der Waals surface area contributed by atoms with Gasteiger partial charge in [0.25, 0.3) is 0 Å². The number of esters is 1. The first-order chi connectivity index (χ1) is 9.69. The van der Waals surface area contributed by atoms with E-state index in [1.807, 2.05) is 6.92 Å². The van der Waals surface area contributed by atoms with E-state index in [4.69, 9.17) is 0 Å². The average Bonchev–Trinajstić information content (AvgIpc) is 2.92. The molecule has 1 aromatic heterocycles. The molecule has 0 unspecified atom stereocenters. The minimum Gasteiger partial charge on any atom is -0.469 e. The number of thiophene rings is 1. The molecule has 0 fully saturated rings. The van der Waals surface area contributed by atoms with Crippen LogP contribution in [0, 0.1) is 0 Å². The third-order valence-corrected chi connectivity index (χ3v) is 3.87. The molecule has 0 spiro atoms. The minimum atomic E-state index is -0.223. The number of aliphatic imine (C=N–C) groups is 1. The van der Waals surface area contributed by atoms with E-state index in [0.717, 1.165) is 18.9 Å². The molecular formula is C14H23N3O2S. The SMILES string of the molecule is CCNC(=NCc1ccc(CC)s1)NCCC(=O)OC. The van der Waals surface area contributed by atoms with Gasteiger partial charge in [-0.2, -0.15) is 0 Å². The van der Waals surface area contributed by atoms with Gasteiger partial charge in [-0.15, -0.1) is 11.3 Å².